The number of aryl methyl sites for hydroxylation is 2. The Bertz CT molecular complexity index is 1630. The first-order chi connectivity index (χ1) is 27.6. The summed E-state index contributed by atoms with van der Waals surface area (Å²) in [6.07, 6.45) is -3.57. The minimum Gasteiger partial charge on any atom is -0.480 e. The molecule has 0 bridgehead atoms. The summed E-state index contributed by atoms with van der Waals surface area (Å²) in [4.78, 5) is 95.0. The molecule has 0 aromatic heterocycles. The van der Waals surface area contributed by atoms with E-state index in [0.717, 1.165) is 26.5 Å². The molecule has 23 heteroatoms. The number of carbonyl (C=O) groups excluding carboxylic acids is 3. The number of carbonyl (C=O) groups is 8. The standard InChI is InChI=1S/C34H47N7O11.C2HF3O2/c35-27(12-10-24-4-2-1-3-5-24)34(52)38-37-28(42)13-11-25-6-8-26(9-7-25)18-36-29(43)19-39(14-16-40(20-30(44)45)21-31(46)47)15-17-41(22-32(48)49)23-33(50)51;3-2(4,5)1(6)7/h1-9,27H,10-23,35H2,(H,36,43)(H,37,42)(H,38,52)(H,44,45)(H,46,47)(H,48,49)(H,50,51);(H,6,7)/t27-;/m1./s1. The van der Waals surface area contributed by atoms with E-state index in [1.807, 2.05) is 30.3 Å². The molecule has 10 N–H and O–H groups in total. The third-order valence-corrected chi connectivity index (χ3v) is 7.91. The molecule has 0 radical (unpaired) electrons. The average Bonchev–Trinajstić information content (AvgIpc) is 3.14. The van der Waals surface area contributed by atoms with Gasteiger partial charge in [0.25, 0.3) is 5.91 Å². The molecule has 0 aliphatic carbocycles. The van der Waals surface area contributed by atoms with Crippen molar-refractivity contribution in [3.05, 3.63) is 71.3 Å². The summed E-state index contributed by atoms with van der Waals surface area (Å²) in [5, 5.41) is 46.4. The van der Waals surface area contributed by atoms with Crippen LogP contribution in [0.5, 0.6) is 0 Å². The normalized spacial score (nSPS) is 11.6. The van der Waals surface area contributed by atoms with Gasteiger partial charge in [-0.3, -0.25) is 59.1 Å². The second-order valence-corrected chi connectivity index (χ2v) is 12.8. The number of nitrogens with zero attached hydrogens (tertiary/aromatic N) is 3. The quantitative estimate of drug-likeness (QED) is 0.0554. The minimum absolute atomic E-state index is 0.0367. The van der Waals surface area contributed by atoms with Gasteiger partial charge in [-0.15, -0.1) is 0 Å². The van der Waals surface area contributed by atoms with Crippen molar-refractivity contribution in [3.63, 3.8) is 0 Å². The largest absolute Gasteiger partial charge is 0.490 e. The van der Waals surface area contributed by atoms with Gasteiger partial charge in [-0.2, -0.15) is 13.2 Å². The van der Waals surface area contributed by atoms with Crippen LogP contribution in [0.25, 0.3) is 0 Å². The molecule has 0 heterocycles. The highest BCUT2D eigenvalue weighted by Gasteiger charge is 2.38. The Hall–Kier alpha value is -6.17. The van der Waals surface area contributed by atoms with E-state index < -0.39 is 86.0 Å². The predicted molar refractivity (Wildman–Crippen MR) is 199 cm³/mol. The van der Waals surface area contributed by atoms with E-state index in [0.29, 0.717) is 19.3 Å². The fraction of sp³-hybridized carbons (Fsp3) is 0.444. The number of carboxylic acid groups (broad SMARTS) is 5. The lowest BCUT2D eigenvalue weighted by atomic mass is 10.1. The topological polar surface area (TPSA) is 310 Å². The molecule has 1 atom stereocenters. The van der Waals surface area contributed by atoms with Crippen molar-refractivity contribution in [1.82, 2.24) is 30.9 Å². The van der Waals surface area contributed by atoms with Gasteiger partial charge in [0.2, 0.25) is 11.8 Å². The fourth-order valence-electron chi connectivity index (χ4n) is 4.95. The first-order valence-corrected chi connectivity index (χ1v) is 17.7. The van der Waals surface area contributed by atoms with Gasteiger partial charge in [0.15, 0.2) is 0 Å². The van der Waals surface area contributed by atoms with Gasteiger partial charge in [-0.05, 0) is 36.0 Å². The number of hydrazine groups is 1. The zero-order valence-electron chi connectivity index (χ0n) is 31.7. The highest BCUT2D eigenvalue weighted by atomic mass is 19.4. The van der Waals surface area contributed by atoms with Crippen molar-refractivity contribution < 1.29 is 77.1 Å². The smallest absolute Gasteiger partial charge is 0.480 e. The summed E-state index contributed by atoms with van der Waals surface area (Å²) in [7, 11) is 0. The Morgan fingerprint density at radius 3 is 1.44 bits per heavy atom. The molecule has 0 aliphatic rings. The summed E-state index contributed by atoms with van der Waals surface area (Å²) < 4.78 is 31.7. The molecule has 0 spiro atoms. The number of hydrogen-bond acceptors (Lipinski definition) is 12. The SMILES string of the molecule is N[C@H](CCc1ccccc1)C(=O)NNC(=O)CCc1ccc(CNC(=O)CN(CCN(CC(=O)O)CC(=O)O)CCN(CC(=O)O)CC(=O)O)cc1.O=C(O)C(F)(F)F. The molecule has 2 aromatic rings. The van der Waals surface area contributed by atoms with Crippen molar-refractivity contribution in [1.29, 1.82) is 0 Å². The van der Waals surface area contributed by atoms with E-state index in [1.165, 1.54) is 0 Å². The number of nitrogens with one attached hydrogen (secondary N) is 3. The lowest BCUT2D eigenvalue weighted by Crippen LogP contribution is -2.49. The van der Waals surface area contributed by atoms with Crippen LogP contribution in [0.2, 0.25) is 0 Å². The van der Waals surface area contributed by atoms with Crippen molar-refractivity contribution >= 4 is 47.6 Å². The minimum atomic E-state index is -5.08. The summed E-state index contributed by atoms with van der Waals surface area (Å²) >= 11 is 0. The number of rotatable bonds is 25. The van der Waals surface area contributed by atoms with E-state index in [1.54, 1.807) is 29.2 Å². The van der Waals surface area contributed by atoms with Crippen LogP contribution >= 0.6 is 0 Å². The van der Waals surface area contributed by atoms with Crippen LogP contribution in [0, 0.1) is 0 Å². The molecule has 0 unspecified atom stereocenters. The molecule has 0 aliphatic heterocycles. The molecular weight excluding hydrogens is 795 g/mol. The average molecular weight is 844 g/mol. The number of hydrogen-bond donors (Lipinski definition) is 9. The number of halogens is 3. The molecule has 3 amide bonds. The number of amides is 3. The van der Waals surface area contributed by atoms with E-state index in [9.17, 15) is 46.7 Å². The van der Waals surface area contributed by atoms with Crippen molar-refractivity contribution in [2.75, 3.05) is 58.9 Å². The van der Waals surface area contributed by atoms with Gasteiger partial charge in [0.1, 0.15) is 0 Å². The molecule has 20 nitrogen and oxygen atoms in total. The van der Waals surface area contributed by atoms with E-state index in [-0.39, 0.29) is 45.7 Å². The van der Waals surface area contributed by atoms with Crippen molar-refractivity contribution in [2.24, 2.45) is 5.73 Å². The number of nitrogens with two attached hydrogens (primary N) is 1. The first kappa shape index (κ1) is 50.8. The van der Waals surface area contributed by atoms with Crippen LogP contribution in [-0.4, -0.2) is 159 Å². The molecule has 0 fully saturated rings. The van der Waals surface area contributed by atoms with Crippen LogP contribution in [0.3, 0.4) is 0 Å². The van der Waals surface area contributed by atoms with E-state index in [2.05, 4.69) is 16.2 Å². The van der Waals surface area contributed by atoms with Gasteiger partial charge in [-0.1, -0.05) is 54.6 Å². The van der Waals surface area contributed by atoms with Crippen LogP contribution < -0.4 is 21.9 Å². The maximum absolute atomic E-state index is 12.9. The van der Waals surface area contributed by atoms with E-state index in [4.69, 9.17) is 36.1 Å². The van der Waals surface area contributed by atoms with Crippen LogP contribution in [0.1, 0.15) is 29.5 Å². The number of aliphatic carboxylic acids is 5. The Morgan fingerprint density at radius 1 is 0.576 bits per heavy atom. The van der Waals surface area contributed by atoms with Gasteiger partial charge in [0.05, 0.1) is 38.8 Å². The third kappa shape index (κ3) is 24.9. The summed E-state index contributed by atoms with van der Waals surface area (Å²) in [5.74, 6) is -9.05. The summed E-state index contributed by atoms with van der Waals surface area (Å²) in [6.45, 7) is -2.33. The maximum atomic E-state index is 12.9. The molecule has 0 saturated carbocycles. The highest BCUT2D eigenvalue weighted by molar-refractivity contribution is 5.85. The Balaban J connectivity index is 0.00000227. The van der Waals surface area contributed by atoms with Gasteiger partial charge < -0.3 is 36.6 Å². The Kier molecular flexibility index (Phi) is 23.0. The molecule has 0 saturated heterocycles. The molecular formula is C36H48F3N7O13. The third-order valence-electron chi connectivity index (χ3n) is 7.91. The van der Waals surface area contributed by atoms with Crippen molar-refractivity contribution in [3.8, 4) is 0 Å². The number of benzene rings is 2. The van der Waals surface area contributed by atoms with Crippen LogP contribution in [-0.2, 0) is 57.7 Å². The van der Waals surface area contributed by atoms with Gasteiger partial charge in [0, 0.05) is 39.1 Å². The summed E-state index contributed by atoms with van der Waals surface area (Å²) in [5.41, 5.74) is 13.3. The monoisotopic (exact) mass is 843 g/mol. The number of alkyl halides is 3. The highest BCUT2D eigenvalue weighted by Crippen LogP contribution is 2.13. The second-order valence-electron chi connectivity index (χ2n) is 12.8. The van der Waals surface area contributed by atoms with Crippen molar-refractivity contribution in [2.45, 2.75) is 44.4 Å². The maximum Gasteiger partial charge on any atom is 0.490 e. The molecule has 59 heavy (non-hydrogen) atoms. The van der Waals surface area contributed by atoms with Crippen LogP contribution in [0.15, 0.2) is 54.6 Å². The molecule has 326 valence electrons. The lowest BCUT2D eigenvalue weighted by Gasteiger charge is -2.28. The zero-order chi connectivity index (χ0) is 44.5. The predicted octanol–water partition coefficient (Wildman–Crippen LogP) is -0.779. The molecule has 2 rings (SSSR count). The van der Waals surface area contributed by atoms with E-state index >= 15 is 0 Å². The second kappa shape index (κ2) is 26.7. The number of carboxylic acids is 5. The Morgan fingerprint density at radius 2 is 1.00 bits per heavy atom. The Labute approximate surface area is 335 Å². The van der Waals surface area contributed by atoms with Gasteiger partial charge in [-0.25, -0.2) is 4.79 Å². The molecule has 2 aromatic carbocycles. The summed E-state index contributed by atoms with van der Waals surface area (Å²) in [6, 6.07) is 15.9. The first-order valence-electron chi connectivity index (χ1n) is 17.7. The van der Waals surface area contributed by atoms with Gasteiger partial charge >= 0.3 is 36.0 Å². The zero-order valence-corrected chi connectivity index (χ0v) is 31.7. The van der Waals surface area contributed by atoms with Crippen LogP contribution in [0.4, 0.5) is 13.2 Å². The lowest BCUT2D eigenvalue weighted by molar-refractivity contribution is -0.192. The fourth-order valence-corrected chi connectivity index (χ4v) is 4.95.